The summed E-state index contributed by atoms with van der Waals surface area (Å²) in [4.78, 5) is 13.7. The molecule has 0 aliphatic heterocycles. The van der Waals surface area contributed by atoms with Gasteiger partial charge in [0.25, 0.3) is 0 Å². The van der Waals surface area contributed by atoms with Crippen LogP contribution in [0.1, 0.15) is 5.56 Å². The fourth-order valence-corrected chi connectivity index (χ4v) is 2.70. The molecule has 1 N–H and O–H groups in total. The molecule has 0 aliphatic carbocycles. The highest BCUT2D eigenvalue weighted by molar-refractivity contribution is 9.11. The monoisotopic (exact) mass is 428 g/mol. The van der Waals surface area contributed by atoms with E-state index in [1.54, 1.807) is 19.3 Å². The first kappa shape index (κ1) is 16.4. The van der Waals surface area contributed by atoms with Crippen LogP contribution in [0, 0.1) is 10.1 Å². The number of ether oxygens (including phenoxy) is 1. The molecule has 0 unspecified atom stereocenters. The van der Waals surface area contributed by atoms with Crippen molar-refractivity contribution in [3.8, 4) is 11.5 Å². The lowest BCUT2D eigenvalue weighted by atomic mass is 10.2. The number of nitrogens with one attached hydrogen (secondary N) is 1. The third-order valence-electron chi connectivity index (χ3n) is 2.52. The highest BCUT2D eigenvalue weighted by Gasteiger charge is 2.11. The first-order valence-electron chi connectivity index (χ1n) is 5.98. The molecule has 0 saturated heterocycles. The highest BCUT2D eigenvalue weighted by atomic mass is 79.9. The Bertz CT molecular complexity index is 720. The Hall–Kier alpha value is -2.00. The number of hydrogen-bond donors (Lipinski definition) is 1. The fourth-order valence-electron chi connectivity index (χ4n) is 1.52. The lowest BCUT2D eigenvalue weighted by Crippen LogP contribution is -1.96. The molecule has 0 bridgehead atoms. The minimum absolute atomic E-state index is 0.232. The van der Waals surface area contributed by atoms with E-state index in [0.717, 1.165) is 14.5 Å². The van der Waals surface area contributed by atoms with Crippen molar-refractivity contribution in [3.05, 3.63) is 55.1 Å². The van der Waals surface area contributed by atoms with Gasteiger partial charge in [0.2, 0.25) is 0 Å². The van der Waals surface area contributed by atoms with E-state index in [9.17, 15) is 10.1 Å². The molecule has 0 spiro atoms. The van der Waals surface area contributed by atoms with Crippen molar-refractivity contribution >= 4 is 43.9 Å². The lowest BCUT2D eigenvalue weighted by molar-refractivity contribution is -0.389. The maximum Gasteiger partial charge on any atom is 0.363 e. The van der Waals surface area contributed by atoms with Crippen molar-refractivity contribution in [2.75, 3.05) is 7.05 Å². The molecule has 7 nitrogen and oxygen atoms in total. The van der Waals surface area contributed by atoms with Crippen molar-refractivity contribution in [2.45, 2.75) is 0 Å². The minimum atomic E-state index is -0.564. The van der Waals surface area contributed by atoms with Gasteiger partial charge in [-0.1, -0.05) is 15.9 Å². The second-order valence-electron chi connectivity index (χ2n) is 4.00. The predicted octanol–water partition coefficient (Wildman–Crippen LogP) is 3.86. The van der Waals surface area contributed by atoms with Crippen LogP contribution in [0.4, 0.5) is 5.82 Å². The number of halogens is 2. The quantitative estimate of drug-likeness (QED) is 0.442. The Labute approximate surface area is 142 Å². The second kappa shape index (κ2) is 7.32. The molecule has 2 rings (SSSR count). The molecule has 2 aromatic rings. The van der Waals surface area contributed by atoms with Crippen LogP contribution in [0.2, 0.25) is 0 Å². The molecule has 0 aliphatic rings. The molecular weight excluding hydrogens is 420 g/mol. The Morgan fingerprint density at radius 1 is 1.36 bits per heavy atom. The van der Waals surface area contributed by atoms with Gasteiger partial charge in [0, 0.05) is 23.2 Å². The van der Waals surface area contributed by atoms with E-state index in [0.29, 0.717) is 11.5 Å². The summed E-state index contributed by atoms with van der Waals surface area (Å²) < 4.78 is 7.25. The Morgan fingerprint density at radius 2 is 2.14 bits per heavy atom. The maximum absolute atomic E-state index is 10.6. The fraction of sp³-hybridized carbons (Fsp3) is 0.0769. The first-order valence-corrected chi connectivity index (χ1v) is 7.57. The standard InChI is InChI=1S/C13H10Br2N4O3/c1-16-18-6-8-4-12(11(15)5-10(8)14)22-9-2-3-13(17-7-9)19(20)21/h2-7,16H,1H3/b18-6+. The van der Waals surface area contributed by atoms with Gasteiger partial charge in [-0.25, -0.2) is 0 Å². The van der Waals surface area contributed by atoms with E-state index in [2.05, 4.69) is 47.4 Å². The molecule has 1 aromatic carbocycles. The summed E-state index contributed by atoms with van der Waals surface area (Å²) in [6.45, 7) is 0. The molecular formula is C13H10Br2N4O3. The number of pyridine rings is 1. The number of rotatable bonds is 5. The molecule has 0 fully saturated rings. The highest BCUT2D eigenvalue weighted by Crippen LogP contribution is 2.34. The number of hydrazone groups is 1. The van der Waals surface area contributed by atoms with E-state index in [1.807, 2.05) is 6.07 Å². The number of benzene rings is 1. The van der Waals surface area contributed by atoms with Crippen LogP contribution >= 0.6 is 31.9 Å². The van der Waals surface area contributed by atoms with Crippen LogP contribution < -0.4 is 10.2 Å². The number of hydrogen-bond acceptors (Lipinski definition) is 6. The maximum atomic E-state index is 10.6. The van der Waals surface area contributed by atoms with Gasteiger partial charge < -0.3 is 20.3 Å². The van der Waals surface area contributed by atoms with Gasteiger partial charge in [0.15, 0.2) is 11.9 Å². The summed E-state index contributed by atoms with van der Waals surface area (Å²) in [6, 6.07) is 6.37. The average Bonchev–Trinajstić information content (AvgIpc) is 2.49. The molecule has 0 amide bonds. The number of nitrogens with zero attached hydrogens (tertiary/aromatic N) is 3. The molecule has 9 heteroatoms. The molecule has 1 aromatic heterocycles. The normalized spacial score (nSPS) is 10.7. The third kappa shape index (κ3) is 4.01. The zero-order valence-electron chi connectivity index (χ0n) is 11.3. The van der Waals surface area contributed by atoms with Crippen molar-refractivity contribution in [1.29, 1.82) is 0 Å². The third-order valence-corrected chi connectivity index (χ3v) is 3.83. The Balaban J connectivity index is 2.28. The van der Waals surface area contributed by atoms with E-state index >= 15 is 0 Å². The van der Waals surface area contributed by atoms with E-state index in [1.165, 1.54) is 18.3 Å². The largest absolute Gasteiger partial charge is 0.452 e. The summed E-state index contributed by atoms with van der Waals surface area (Å²) >= 11 is 6.83. The smallest absolute Gasteiger partial charge is 0.363 e. The summed E-state index contributed by atoms with van der Waals surface area (Å²) in [5.74, 6) is 0.700. The second-order valence-corrected chi connectivity index (χ2v) is 5.71. The van der Waals surface area contributed by atoms with E-state index in [-0.39, 0.29) is 5.82 Å². The van der Waals surface area contributed by atoms with Crippen LogP contribution in [0.5, 0.6) is 11.5 Å². The van der Waals surface area contributed by atoms with Crippen molar-refractivity contribution < 1.29 is 9.66 Å². The summed E-state index contributed by atoms with van der Waals surface area (Å²) in [7, 11) is 1.70. The summed E-state index contributed by atoms with van der Waals surface area (Å²) in [5.41, 5.74) is 3.47. The molecule has 1 heterocycles. The van der Waals surface area contributed by atoms with Gasteiger partial charge in [0.05, 0.1) is 10.7 Å². The van der Waals surface area contributed by atoms with Crippen molar-refractivity contribution in [3.63, 3.8) is 0 Å². The van der Waals surface area contributed by atoms with Crippen LogP contribution in [0.25, 0.3) is 0 Å². The molecule has 22 heavy (non-hydrogen) atoms. The van der Waals surface area contributed by atoms with Crippen molar-refractivity contribution in [1.82, 2.24) is 10.4 Å². The van der Waals surface area contributed by atoms with Gasteiger partial charge >= 0.3 is 5.82 Å². The zero-order chi connectivity index (χ0) is 16.1. The minimum Gasteiger partial charge on any atom is -0.452 e. The van der Waals surface area contributed by atoms with Crippen LogP contribution in [-0.2, 0) is 0 Å². The van der Waals surface area contributed by atoms with Crippen LogP contribution in [-0.4, -0.2) is 23.2 Å². The molecule has 0 radical (unpaired) electrons. The van der Waals surface area contributed by atoms with E-state index in [4.69, 9.17) is 4.74 Å². The first-order chi connectivity index (χ1) is 10.5. The number of nitro groups is 1. The van der Waals surface area contributed by atoms with Gasteiger partial charge in [-0.15, -0.1) is 0 Å². The van der Waals surface area contributed by atoms with Gasteiger partial charge in [0.1, 0.15) is 5.75 Å². The average molecular weight is 430 g/mol. The van der Waals surface area contributed by atoms with Crippen molar-refractivity contribution in [2.24, 2.45) is 5.10 Å². The Morgan fingerprint density at radius 3 is 2.73 bits per heavy atom. The van der Waals surface area contributed by atoms with Gasteiger partial charge in [-0.2, -0.15) is 5.10 Å². The van der Waals surface area contributed by atoms with Gasteiger partial charge in [-0.3, -0.25) is 0 Å². The van der Waals surface area contributed by atoms with Crippen LogP contribution in [0.15, 0.2) is 44.5 Å². The van der Waals surface area contributed by atoms with Gasteiger partial charge in [-0.05, 0) is 44.0 Å². The molecule has 0 saturated carbocycles. The molecule has 0 atom stereocenters. The molecule has 114 valence electrons. The summed E-state index contributed by atoms with van der Waals surface area (Å²) in [6.07, 6.45) is 2.94. The number of aromatic nitrogens is 1. The zero-order valence-corrected chi connectivity index (χ0v) is 14.5. The predicted molar refractivity (Wildman–Crippen MR) is 89.5 cm³/mol. The topological polar surface area (TPSA) is 89.7 Å². The Kier molecular flexibility index (Phi) is 5.45. The van der Waals surface area contributed by atoms with Crippen LogP contribution in [0.3, 0.4) is 0 Å². The SMILES string of the molecule is CN/N=C/c1cc(Oc2ccc([N+](=O)[O-])nc2)c(Br)cc1Br. The lowest BCUT2D eigenvalue weighted by Gasteiger charge is -2.09. The van der Waals surface area contributed by atoms with E-state index < -0.39 is 4.92 Å². The summed E-state index contributed by atoms with van der Waals surface area (Å²) in [5, 5.41) is 14.5.